The Morgan fingerprint density at radius 3 is 2.68 bits per heavy atom. The zero-order valence-electron chi connectivity index (χ0n) is 12.5. The Labute approximate surface area is 116 Å². The van der Waals surface area contributed by atoms with Crippen LogP contribution < -0.4 is 10.5 Å². The first kappa shape index (κ1) is 14.2. The summed E-state index contributed by atoms with van der Waals surface area (Å²) in [5.41, 5.74) is 7.95. The number of ether oxygens (including phenoxy) is 1. The summed E-state index contributed by atoms with van der Waals surface area (Å²) in [6, 6.07) is 6.64. The average Bonchev–Trinajstić information content (AvgIpc) is 2.34. The lowest BCUT2D eigenvalue weighted by molar-refractivity contribution is 0.0729. The highest BCUT2D eigenvalue weighted by Crippen LogP contribution is 2.29. The largest absolute Gasteiger partial charge is 0.497 e. The van der Waals surface area contributed by atoms with E-state index >= 15 is 0 Å². The summed E-state index contributed by atoms with van der Waals surface area (Å²) in [4.78, 5) is 2.56. The van der Waals surface area contributed by atoms with Crippen molar-refractivity contribution in [1.29, 1.82) is 0 Å². The van der Waals surface area contributed by atoms with Crippen molar-refractivity contribution in [2.75, 3.05) is 19.4 Å². The number of methoxy groups -OCH3 is 1. The molecule has 0 aliphatic carbocycles. The summed E-state index contributed by atoms with van der Waals surface area (Å²) >= 11 is 0. The Bertz CT molecular complexity index is 433. The van der Waals surface area contributed by atoms with Crippen LogP contribution in [0.15, 0.2) is 18.2 Å². The molecule has 3 nitrogen and oxygen atoms in total. The molecule has 0 saturated carbocycles. The molecule has 1 fully saturated rings. The summed E-state index contributed by atoms with van der Waals surface area (Å²) < 4.78 is 5.30. The van der Waals surface area contributed by atoms with Crippen LogP contribution in [-0.4, -0.2) is 24.6 Å². The van der Waals surface area contributed by atoms with E-state index in [0.29, 0.717) is 6.04 Å². The van der Waals surface area contributed by atoms with Crippen molar-refractivity contribution in [2.24, 2.45) is 11.8 Å². The fraction of sp³-hybridized carbons (Fsp3) is 0.625. The summed E-state index contributed by atoms with van der Waals surface area (Å²) in [5, 5.41) is 0. The molecule has 1 aliphatic heterocycles. The molecular weight excluding hydrogens is 236 g/mol. The van der Waals surface area contributed by atoms with Gasteiger partial charge >= 0.3 is 0 Å². The van der Waals surface area contributed by atoms with E-state index in [-0.39, 0.29) is 0 Å². The van der Waals surface area contributed by atoms with Crippen molar-refractivity contribution in [2.45, 2.75) is 39.8 Å². The standard InChI is InChI=1S/C16H26N2O/c1-11-5-12(2)13(3)18(9-11)10-14-6-15(17)8-16(7-14)19-4/h6-8,11-13H,5,9-10,17H2,1-4H3. The van der Waals surface area contributed by atoms with E-state index in [1.807, 2.05) is 6.07 Å². The maximum absolute atomic E-state index is 5.93. The van der Waals surface area contributed by atoms with Crippen molar-refractivity contribution < 1.29 is 4.74 Å². The van der Waals surface area contributed by atoms with Gasteiger partial charge in [-0.2, -0.15) is 0 Å². The van der Waals surface area contributed by atoms with Gasteiger partial charge in [-0.15, -0.1) is 0 Å². The normalized spacial score (nSPS) is 28.3. The number of rotatable bonds is 3. The fourth-order valence-corrected chi connectivity index (χ4v) is 3.17. The monoisotopic (exact) mass is 262 g/mol. The number of hydrogen-bond donors (Lipinski definition) is 1. The molecular formula is C16H26N2O. The molecule has 0 amide bonds. The molecule has 1 saturated heterocycles. The lowest BCUT2D eigenvalue weighted by Gasteiger charge is -2.41. The van der Waals surface area contributed by atoms with Gasteiger partial charge in [0, 0.05) is 30.9 Å². The quantitative estimate of drug-likeness (QED) is 0.850. The van der Waals surface area contributed by atoms with Gasteiger partial charge in [0.05, 0.1) is 7.11 Å². The van der Waals surface area contributed by atoms with E-state index in [2.05, 4.69) is 37.8 Å². The molecule has 0 radical (unpaired) electrons. The highest BCUT2D eigenvalue weighted by Gasteiger charge is 2.28. The molecule has 19 heavy (non-hydrogen) atoms. The van der Waals surface area contributed by atoms with Crippen molar-refractivity contribution in [1.82, 2.24) is 4.90 Å². The Kier molecular flexibility index (Phi) is 4.35. The predicted octanol–water partition coefficient (Wildman–Crippen LogP) is 3.14. The zero-order chi connectivity index (χ0) is 14.0. The third-order valence-electron chi connectivity index (χ3n) is 4.33. The molecule has 2 rings (SSSR count). The van der Waals surface area contributed by atoms with E-state index in [1.165, 1.54) is 18.5 Å². The highest BCUT2D eigenvalue weighted by molar-refractivity contribution is 5.47. The maximum atomic E-state index is 5.93. The first-order valence-corrected chi connectivity index (χ1v) is 7.17. The summed E-state index contributed by atoms with van der Waals surface area (Å²) in [5.74, 6) is 2.38. The first-order chi connectivity index (χ1) is 8.99. The third-order valence-corrected chi connectivity index (χ3v) is 4.33. The van der Waals surface area contributed by atoms with Crippen LogP contribution in [0.2, 0.25) is 0 Å². The van der Waals surface area contributed by atoms with Gasteiger partial charge in [-0.25, -0.2) is 0 Å². The van der Waals surface area contributed by atoms with Gasteiger partial charge in [0.15, 0.2) is 0 Å². The summed E-state index contributed by atoms with van der Waals surface area (Å²) in [6.07, 6.45) is 1.33. The molecule has 0 aromatic heterocycles. The van der Waals surface area contributed by atoms with Crippen molar-refractivity contribution >= 4 is 5.69 Å². The molecule has 3 atom stereocenters. The third kappa shape index (κ3) is 3.41. The molecule has 1 aromatic rings. The zero-order valence-corrected chi connectivity index (χ0v) is 12.5. The Morgan fingerprint density at radius 2 is 2.00 bits per heavy atom. The number of benzene rings is 1. The molecule has 0 bridgehead atoms. The SMILES string of the molecule is COc1cc(N)cc(CN2CC(C)CC(C)C2C)c1. The van der Waals surface area contributed by atoms with Crippen LogP contribution in [0.5, 0.6) is 5.75 Å². The first-order valence-electron chi connectivity index (χ1n) is 7.17. The van der Waals surface area contributed by atoms with Gasteiger partial charge in [-0.1, -0.05) is 13.8 Å². The van der Waals surface area contributed by atoms with Gasteiger partial charge in [-0.3, -0.25) is 4.90 Å². The minimum Gasteiger partial charge on any atom is -0.497 e. The van der Waals surface area contributed by atoms with Crippen LogP contribution in [0.25, 0.3) is 0 Å². The van der Waals surface area contributed by atoms with Gasteiger partial charge in [0.2, 0.25) is 0 Å². The minimum absolute atomic E-state index is 0.628. The fourth-order valence-electron chi connectivity index (χ4n) is 3.17. The van der Waals surface area contributed by atoms with Crippen LogP contribution in [0.3, 0.4) is 0 Å². The van der Waals surface area contributed by atoms with E-state index in [1.54, 1.807) is 7.11 Å². The Balaban J connectivity index is 2.13. The molecule has 3 heteroatoms. The molecule has 2 N–H and O–H groups in total. The molecule has 1 aliphatic rings. The van der Waals surface area contributed by atoms with E-state index < -0.39 is 0 Å². The maximum Gasteiger partial charge on any atom is 0.121 e. The number of piperidine rings is 1. The second-order valence-corrected chi connectivity index (χ2v) is 6.10. The van der Waals surface area contributed by atoms with Crippen LogP contribution in [0.1, 0.15) is 32.8 Å². The lowest BCUT2D eigenvalue weighted by Crippen LogP contribution is -2.45. The number of hydrogen-bond acceptors (Lipinski definition) is 3. The molecule has 0 spiro atoms. The second-order valence-electron chi connectivity index (χ2n) is 6.10. The number of nitrogens with two attached hydrogens (primary N) is 1. The number of anilines is 1. The van der Waals surface area contributed by atoms with Gasteiger partial charge in [-0.05, 0) is 42.9 Å². The molecule has 1 heterocycles. The summed E-state index contributed by atoms with van der Waals surface area (Å²) in [6.45, 7) is 9.16. The van der Waals surface area contributed by atoms with E-state index in [4.69, 9.17) is 10.5 Å². The predicted molar refractivity (Wildman–Crippen MR) is 80.2 cm³/mol. The average molecular weight is 262 g/mol. The Hall–Kier alpha value is -1.22. The van der Waals surface area contributed by atoms with Crippen LogP contribution in [0.4, 0.5) is 5.69 Å². The number of nitrogens with zero attached hydrogens (tertiary/aromatic N) is 1. The number of likely N-dealkylation sites (tertiary alicyclic amines) is 1. The van der Waals surface area contributed by atoms with Crippen molar-refractivity contribution in [3.8, 4) is 5.75 Å². The topological polar surface area (TPSA) is 38.5 Å². The van der Waals surface area contributed by atoms with E-state index in [9.17, 15) is 0 Å². The van der Waals surface area contributed by atoms with Crippen LogP contribution >= 0.6 is 0 Å². The van der Waals surface area contributed by atoms with Gasteiger partial charge in [0.25, 0.3) is 0 Å². The second kappa shape index (κ2) is 5.83. The molecule has 1 aromatic carbocycles. The van der Waals surface area contributed by atoms with Crippen LogP contribution in [-0.2, 0) is 6.54 Å². The van der Waals surface area contributed by atoms with Crippen LogP contribution in [0, 0.1) is 11.8 Å². The van der Waals surface area contributed by atoms with Gasteiger partial charge in [0.1, 0.15) is 5.75 Å². The van der Waals surface area contributed by atoms with Crippen molar-refractivity contribution in [3.05, 3.63) is 23.8 Å². The number of nitrogen functional groups attached to an aromatic ring is 1. The van der Waals surface area contributed by atoms with Gasteiger partial charge < -0.3 is 10.5 Å². The molecule has 106 valence electrons. The lowest BCUT2D eigenvalue weighted by atomic mass is 9.86. The highest BCUT2D eigenvalue weighted by atomic mass is 16.5. The smallest absolute Gasteiger partial charge is 0.121 e. The van der Waals surface area contributed by atoms with Crippen molar-refractivity contribution in [3.63, 3.8) is 0 Å². The van der Waals surface area contributed by atoms with E-state index in [0.717, 1.165) is 29.8 Å². The molecule has 3 unspecified atom stereocenters. The Morgan fingerprint density at radius 1 is 1.26 bits per heavy atom. The summed E-state index contributed by atoms with van der Waals surface area (Å²) in [7, 11) is 1.69. The minimum atomic E-state index is 0.628.